The molecule has 4 rings (SSSR count). The van der Waals surface area contributed by atoms with E-state index in [1.807, 2.05) is 6.26 Å². The Morgan fingerprint density at radius 1 is 1.23 bits per heavy atom. The summed E-state index contributed by atoms with van der Waals surface area (Å²) in [6.07, 6.45) is 4.30. The maximum Gasteiger partial charge on any atom is 0.229 e. The van der Waals surface area contributed by atoms with Crippen LogP contribution in [0.1, 0.15) is 40.5 Å². The summed E-state index contributed by atoms with van der Waals surface area (Å²) in [7, 11) is 0. The molecule has 3 aliphatic heterocycles. The zero-order valence-corrected chi connectivity index (χ0v) is 17.4. The van der Waals surface area contributed by atoms with Crippen molar-refractivity contribution in [1.82, 2.24) is 10.2 Å². The zero-order chi connectivity index (χ0) is 18.9. The van der Waals surface area contributed by atoms with Crippen molar-refractivity contribution < 1.29 is 14.3 Å². The van der Waals surface area contributed by atoms with Gasteiger partial charge < -0.3 is 15.0 Å². The number of amides is 2. The van der Waals surface area contributed by atoms with E-state index in [2.05, 4.69) is 37.9 Å². The molecule has 2 bridgehead atoms. The van der Waals surface area contributed by atoms with Crippen molar-refractivity contribution in [1.29, 1.82) is 0 Å². The first-order chi connectivity index (χ1) is 12.1. The van der Waals surface area contributed by atoms with Crippen LogP contribution in [0.3, 0.4) is 0 Å². The Morgan fingerprint density at radius 3 is 2.54 bits per heavy atom. The second-order valence-electron chi connectivity index (χ2n) is 9.86. The Hall–Kier alpha value is -0.750. The lowest BCUT2D eigenvalue weighted by Gasteiger charge is -2.29. The molecule has 4 fully saturated rings. The summed E-state index contributed by atoms with van der Waals surface area (Å²) in [4.78, 5) is 27.1. The summed E-state index contributed by atoms with van der Waals surface area (Å²) in [5.41, 5.74) is -0.00810. The highest BCUT2D eigenvalue weighted by Crippen LogP contribution is 2.69. The molecular weight excluding hydrogens is 348 g/mol. The number of nitrogens with zero attached hydrogens (tertiary/aromatic N) is 1. The zero-order valence-electron chi connectivity index (χ0n) is 16.6. The molecule has 146 valence electrons. The van der Waals surface area contributed by atoms with Gasteiger partial charge in [0.25, 0.3) is 0 Å². The topological polar surface area (TPSA) is 58.6 Å². The minimum Gasteiger partial charge on any atom is -0.369 e. The van der Waals surface area contributed by atoms with E-state index in [-0.39, 0.29) is 34.4 Å². The molecule has 6 heteroatoms. The molecule has 5 nitrogen and oxygen atoms in total. The lowest BCUT2D eigenvalue weighted by molar-refractivity contribution is -0.134. The number of hydrogen-bond acceptors (Lipinski definition) is 4. The third kappa shape index (κ3) is 2.47. The van der Waals surface area contributed by atoms with Crippen LogP contribution in [0.4, 0.5) is 0 Å². The van der Waals surface area contributed by atoms with Gasteiger partial charge in [-0.2, -0.15) is 11.8 Å². The van der Waals surface area contributed by atoms with E-state index < -0.39 is 0 Å². The van der Waals surface area contributed by atoms with Crippen LogP contribution >= 0.6 is 11.8 Å². The Balaban J connectivity index is 1.44. The predicted molar refractivity (Wildman–Crippen MR) is 103 cm³/mol. The number of likely N-dealkylation sites (tertiary alicyclic amines) is 1. The summed E-state index contributed by atoms with van der Waals surface area (Å²) in [5, 5.41) is 3.08. The van der Waals surface area contributed by atoms with Gasteiger partial charge in [0, 0.05) is 30.8 Å². The van der Waals surface area contributed by atoms with Crippen molar-refractivity contribution in [2.75, 3.05) is 31.6 Å². The van der Waals surface area contributed by atoms with Crippen LogP contribution in [0.5, 0.6) is 0 Å². The first-order valence-corrected chi connectivity index (χ1v) is 11.3. The summed E-state index contributed by atoms with van der Waals surface area (Å²) >= 11 is 1.54. The van der Waals surface area contributed by atoms with Gasteiger partial charge in [0.05, 0.1) is 24.0 Å². The van der Waals surface area contributed by atoms with Crippen molar-refractivity contribution in [2.24, 2.45) is 28.6 Å². The van der Waals surface area contributed by atoms with Gasteiger partial charge in [-0.3, -0.25) is 9.59 Å². The normalized spacial score (nSPS) is 39.1. The van der Waals surface area contributed by atoms with Crippen LogP contribution < -0.4 is 5.32 Å². The Bertz CT molecular complexity index is 621. The fraction of sp³-hybridized carbons (Fsp3) is 0.900. The molecule has 4 atom stereocenters. The highest BCUT2D eigenvalue weighted by atomic mass is 32.2. The number of rotatable bonds is 5. The van der Waals surface area contributed by atoms with E-state index in [4.69, 9.17) is 4.74 Å². The van der Waals surface area contributed by atoms with E-state index in [0.29, 0.717) is 30.0 Å². The van der Waals surface area contributed by atoms with E-state index in [1.54, 1.807) is 11.8 Å². The second kappa shape index (κ2) is 5.87. The SMILES string of the molecule is CSCC(=O)NC[C@H]1[C@H]2CN(C(=O)C3C(C)(C)C3(C)C)C[C@]23CC[C@H]1O3. The molecule has 4 aliphatic rings. The number of ether oxygens (including phenoxy) is 1. The van der Waals surface area contributed by atoms with Gasteiger partial charge >= 0.3 is 0 Å². The highest BCUT2D eigenvalue weighted by Gasteiger charge is 2.71. The third-order valence-corrected chi connectivity index (χ3v) is 8.72. The van der Waals surface area contributed by atoms with Gasteiger partial charge in [0.2, 0.25) is 11.8 Å². The molecule has 0 unspecified atom stereocenters. The molecule has 3 saturated heterocycles. The van der Waals surface area contributed by atoms with Crippen LogP contribution in [0.2, 0.25) is 0 Å². The van der Waals surface area contributed by atoms with Crippen molar-refractivity contribution in [3.63, 3.8) is 0 Å². The first-order valence-electron chi connectivity index (χ1n) is 9.86. The maximum absolute atomic E-state index is 13.2. The van der Waals surface area contributed by atoms with Crippen LogP contribution in [0, 0.1) is 28.6 Å². The van der Waals surface area contributed by atoms with E-state index in [0.717, 1.165) is 25.9 Å². The average Bonchev–Trinajstić information content (AvgIpc) is 3.02. The van der Waals surface area contributed by atoms with Gasteiger partial charge in [0.15, 0.2) is 0 Å². The molecule has 1 aliphatic carbocycles. The number of carbonyl (C=O) groups excluding carboxylic acids is 2. The van der Waals surface area contributed by atoms with Gasteiger partial charge in [0.1, 0.15) is 0 Å². The fourth-order valence-electron chi connectivity index (χ4n) is 6.04. The summed E-state index contributed by atoms with van der Waals surface area (Å²) < 4.78 is 6.42. The quantitative estimate of drug-likeness (QED) is 0.794. The Labute approximate surface area is 161 Å². The molecular formula is C20H32N2O3S. The van der Waals surface area contributed by atoms with Crippen molar-refractivity contribution in [3.05, 3.63) is 0 Å². The summed E-state index contributed by atoms with van der Waals surface area (Å²) in [6, 6.07) is 0. The van der Waals surface area contributed by atoms with Crippen molar-refractivity contribution in [3.8, 4) is 0 Å². The number of carbonyl (C=O) groups is 2. The predicted octanol–water partition coefficient (Wildman–Crippen LogP) is 2.15. The highest BCUT2D eigenvalue weighted by molar-refractivity contribution is 7.99. The molecule has 3 heterocycles. The molecule has 0 aromatic carbocycles. The minimum atomic E-state index is -0.154. The van der Waals surface area contributed by atoms with Crippen LogP contribution in [-0.2, 0) is 14.3 Å². The van der Waals surface area contributed by atoms with Crippen LogP contribution in [0.15, 0.2) is 0 Å². The lowest BCUT2D eigenvalue weighted by Crippen LogP contribution is -2.42. The maximum atomic E-state index is 13.2. The van der Waals surface area contributed by atoms with E-state index in [1.165, 1.54) is 0 Å². The average molecular weight is 381 g/mol. The third-order valence-electron chi connectivity index (χ3n) is 8.17. The minimum absolute atomic E-state index is 0.0731. The standard InChI is InChI=1S/C20H32N2O3S/c1-18(2)16(19(18,3)4)17(24)22-9-13-12(8-21-15(23)10-26-5)14-6-7-20(13,11-22)25-14/h12-14,16H,6-11H2,1-5H3,(H,21,23)/t12-,13+,14+,20+/m0/s1. The smallest absolute Gasteiger partial charge is 0.229 e. The van der Waals surface area contributed by atoms with Gasteiger partial charge in [-0.25, -0.2) is 0 Å². The first kappa shape index (κ1) is 18.6. The molecule has 1 saturated carbocycles. The molecule has 0 aromatic rings. The van der Waals surface area contributed by atoms with Crippen LogP contribution in [0.25, 0.3) is 0 Å². The molecule has 0 aromatic heterocycles. The molecule has 26 heavy (non-hydrogen) atoms. The lowest BCUT2D eigenvalue weighted by atomic mass is 9.73. The van der Waals surface area contributed by atoms with Gasteiger partial charge in [-0.15, -0.1) is 0 Å². The van der Waals surface area contributed by atoms with E-state index in [9.17, 15) is 9.59 Å². The van der Waals surface area contributed by atoms with Crippen LogP contribution in [-0.4, -0.2) is 60.1 Å². The van der Waals surface area contributed by atoms with E-state index >= 15 is 0 Å². The number of thioether (sulfide) groups is 1. The fourth-order valence-corrected chi connectivity index (χ4v) is 6.41. The molecule has 1 N–H and O–H groups in total. The number of fused-ring (bicyclic) bond motifs is 1. The molecule has 0 radical (unpaired) electrons. The Kier molecular flexibility index (Phi) is 4.20. The summed E-state index contributed by atoms with van der Waals surface area (Å²) in [6.45, 7) is 11.0. The molecule has 2 amide bonds. The van der Waals surface area contributed by atoms with Gasteiger partial charge in [-0.05, 0) is 29.9 Å². The van der Waals surface area contributed by atoms with Crippen molar-refractivity contribution in [2.45, 2.75) is 52.2 Å². The number of nitrogens with one attached hydrogen (secondary N) is 1. The monoisotopic (exact) mass is 380 g/mol. The van der Waals surface area contributed by atoms with Crippen molar-refractivity contribution >= 4 is 23.6 Å². The largest absolute Gasteiger partial charge is 0.369 e. The Morgan fingerprint density at radius 2 is 1.92 bits per heavy atom. The summed E-state index contributed by atoms with van der Waals surface area (Å²) in [5.74, 6) is 1.73. The van der Waals surface area contributed by atoms with Gasteiger partial charge in [-0.1, -0.05) is 27.7 Å². The number of hydrogen-bond donors (Lipinski definition) is 1. The molecule has 1 spiro atoms. The second-order valence-corrected chi connectivity index (χ2v) is 10.7.